The largest absolute Gasteiger partial charge is 0.507 e. The molecule has 3 aromatic rings. The standard InChI is InChI=1S/C24H21ClN2O3/c25-17-8-9-22(28)19(14-17)20-15-21(27(26-20)18-5-2-1-3-6-18)16-7-10-23-24(13-16)30-12-4-11-29-23/h1-3,5-10,13-14,21,28H,4,11-12,15H2/t21-/m1/s1. The van der Waals surface area contributed by atoms with E-state index in [1.807, 2.05) is 47.5 Å². The van der Waals surface area contributed by atoms with E-state index in [9.17, 15) is 5.11 Å². The third-order valence-corrected chi connectivity index (χ3v) is 5.59. The van der Waals surface area contributed by atoms with Gasteiger partial charge in [0.1, 0.15) is 5.75 Å². The zero-order chi connectivity index (χ0) is 20.5. The molecule has 30 heavy (non-hydrogen) atoms. The fourth-order valence-electron chi connectivity index (χ4n) is 3.88. The Hall–Kier alpha value is -3.18. The average molecular weight is 421 g/mol. The number of halogens is 1. The molecular formula is C24H21ClN2O3. The number of anilines is 1. The van der Waals surface area contributed by atoms with E-state index in [4.69, 9.17) is 26.2 Å². The average Bonchev–Trinajstić information content (AvgIpc) is 3.08. The minimum atomic E-state index is -0.0436. The van der Waals surface area contributed by atoms with Crippen LogP contribution in [0.4, 0.5) is 5.69 Å². The predicted octanol–water partition coefficient (Wildman–Crippen LogP) is 5.56. The molecule has 0 unspecified atom stereocenters. The van der Waals surface area contributed by atoms with Crippen molar-refractivity contribution < 1.29 is 14.6 Å². The van der Waals surface area contributed by atoms with E-state index in [0.717, 1.165) is 34.9 Å². The molecule has 2 heterocycles. The van der Waals surface area contributed by atoms with Gasteiger partial charge in [0.2, 0.25) is 0 Å². The number of hydrazone groups is 1. The number of ether oxygens (including phenoxy) is 2. The Kier molecular flexibility index (Phi) is 4.97. The normalized spacial score (nSPS) is 18.1. The lowest BCUT2D eigenvalue weighted by Crippen LogP contribution is -2.18. The molecule has 2 aliphatic heterocycles. The number of nitrogens with zero attached hydrogens (tertiary/aromatic N) is 2. The van der Waals surface area contributed by atoms with E-state index >= 15 is 0 Å². The molecule has 0 amide bonds. The molecule has 0 fully saturated rings. The van der Waals surface area contributed by atoms with Crippen LogP contribution >= 0.6 is 11.6 Å². The molecule has 6 heteroatoms. The highest BCUT2D eigenvalue weighted by Crippen LogP contribution is 2.41. The molecule has 1 atom stereocenters. The van der Waals surface area contributed by atoms with Crippen LogP contribution in [0.15, 0.2) is 71.8 Å². The first-order valence-electron chi connectivity index (χ1n) is 9.99. The monoisotopic (exact) mass is 420 g/mol. The van der Waals surface area contributed by atoms with Gasteiger partial charge in [0.25, 0.3) is 0 Å². The van der Waals surface area contributed by atoms with Crippen LogP contribution in [-0.4, -0.2) is 24.0 Å². The fraction of sp³-hybridized carbons (Fsp3) is 0.208. The molecule has 0 radical (unpaired) electrons. The Labute approximate surface area is 180 Å². The number of para-hydroxylation sites is 1. The van der Waals surface area contributed by atoms with E-state index < -0.39 is 0 Å². The number of aromatic hydroxyl groups is 1. The van der Waals surface area contributed by atoms with E-state index in [2.05, 4.69) is 6.07 Å². The van der Waals surface area contributed by atoms with Crippen LogP contribution in [-0.2, 0) is 0 Å². The maximum absolute atomic E-state index is 10.4. The summed E-state index contributed by atoms with van der Waals surface area (Å²) in [6, 6.07) is 21.1. The summed E-state index contributed by atoms with van der Waals surface area (Å²) < 4.78 is 11.7. The molecule has 0 aromatic heterocycles. The number of benzene rings is 3. The van der Waals surface area contributed by atoms with E-state index in [1.165, 1.54) is 0 Å². The smallest absolute Gasteiger partial charge is 0.161 e. The summed E-state index contributed by atoms with van der Waals surface area (Å²) in [5.41, 5.74) is 3.49. The number of rotatable bonds is 3. The Bertz CT molecular complexity index is 1100. The van der Waals surface area contributed by atoms with Crippen molar-refractivity contribution in [1.29, 1.82) is 0 Å². The summed E-state index contributed by atoms with van der Waals surface area (Å²) in [6.07, 6.45) is 1.49. The highest BCUT2D eigenvalue weighted by atomic mass is 35.5. The number of phenols is 1. The number of hydrogen-bond donors (Lipinski definition) is 1. The van der Waals surface area contributed by atoms with Gasteiger partial charge >= 0.3 is 0 Å². The molecule has 0 spiro atoms. The van der Waals surface area contributed by atoms with Crippen LogP contribution in [0, 0.1) is 0 Å². The molecule has 0 aliphatic carbocycles. The summed E-state index contributed by atoms with van der Waals surface area (Å²) >= 11 is 6.19. The van der Waals surface area contributed by atoms with Crippen LogP contribution in [0.25, 0.3) is 0 Å². The van der Waals surface area contributed by atoms with Gasteiger partial charge in [0, 0.05) is 23.4 Å². The van der Waals surface area contributed by atoms with Crippen molar-refractivity contribution in [2.75, 3.05) is 18.2 Å². The van der Waals surface area contributed by atoms with Crippen LogP contribution in [0.1, 0.15) is 30.0 Å². The van der Waals surface area contributed by atoms with Crippen molar-refractivity contribution in [2.24, 2.45) is 5.10 Å². The van der Waals surface area contributed by atoms with Gasteiger partial charge in [-0.1, -0.05) is 35.9 Å². The second kappa shape index (κ2) is 7.92. The Balaban J connectivity index is 1.56. The summed E-state index contributed by atoms with van der Waals surface area (Å²) in [7, 11) is 0. The summed E-state index contributed by atoms with van der Waals surface area (Å²) in [5.74, 6) is 1.71. The molecule has 0 bridgehead atoms. The Morgan fingerprint density at radius 1 is 0.933 bits per heavy atom. The molecular weight excluding hydrogens is 400 g/mol. The molecule has 5 nitrogen and oxygen atoms in total. The topological polar surface area (TPSA) is 54.3 Å². The molecule has 2 aliphatic rings. The van der Waals surface area contributed by atoms with Crippen molar-refractivity contribution >= 4 is 23.0 Å². The van der Waals surface area contributed by atoms with Crippen molar-refractivity contribution in [3.63, 3.8) is 0 Å². The first kappa shape index (κ1) is 18.8. The minimum Gasteiger partial charge on any atom is -0.507 e. The van der Waals surface area contributed by atoms with Crippen LogP contribution in [0.2, 0.25) is 5.02 Å². The molecule has 152 valence electrons. The van der Waals surface area contributed by atoms with Gasteiger partial charge < -0.3 is 14.6 Å². The predicted molar refractivity (Wildman–Crippen MR) is 118 cm³/mol. The van der Waals surface area contributed by atoms with Crippen molar-refractivity contribution in [3.8, 4) is 17.2 Å². The lowest BCUT2D eigenvalue weighted by Gasteiger charge is -2.24. The first-order chi connectivity index (χ1) is 14.7. The molecule has 0 saturated carbocycles. The summed E-state index contributed by atoms with van der Waals surface area (Å²) in [5, 5.41) is 17.8. The van der Waals surface area contributed by atoms with Gasteiger partial charge in [-0.2, -0.15) is 5.10 Å². The van der Waals surface area contributed by atoms with Gasteiger partial charge in [0.15, 0.2) is 11.5 Å². The molecule has 5 rings (SSSR count). The lowest BCUT2D eigenvalue weighted by molar-refractivity contribution is 0.297. The third-order valence-electron chi connectivity index (χ3n) is 5.36. The number of phenolic OH excluding ortho intramolecular Hbond substituents is 1. The lowest BCUT2D eigenvalue weighted by atomic mass is 9.97. The first-order valence-corrected chi connectivity index (χ1v) is 10.4. The second-order valence-corrected chi connectivity index (χ2v) is 7.80. The molecule has 0 saturated heterocycles. The highest BCUT2D eigenvalue weighted by molar-refractivity contribution is 6.31. The van der Waals surface area contributed by atoms with E-state index in [0.29, 0.717) is 30.2 Å². The van der Waals surface area contributed by atoms with E-state index in [1.54, 1.807) is 18.2 Å². The Morgan fingerprint density at radius 3 is 2.57 bits per heavy atom. The fourth-order valence-corrected chi connectivity index (χ4v) is 4.05. The second-order valence-electron chi connectivity index (χ2n) is 7.36. The molecule has 3 aromatic carbocycles. The van der Waals surface area contributed by atoms with Gasteiger partial charge in [-0.25, -0.2) is 0 Å². The van der Waals surface area contributed by atoms with Gasteiger partial charge in [0.05, 0.1) is 30.7 Å². The van der Waals surface area contributed by atoms with Crippen LogP contribution in [0.5, 0.6) is 17.2 Å². The van der Waals surface area contributed by atoms with Gasteiger partial charge in [-0.3, -0.25) is 5.01 Å². The number of hydrogen-bond acceptors (Lipinski definition) is 5. The maximum atomic E-state index is 10.4. The van der Waals surface area contributed by atoms with Crippen molar-refractivity contribution in [3.05, 3.63) is 82.9 Å². The Morgan fingerprint density at radius 2 is 1.73 bits per heavy atom. The van der Waals surface area contributed by atoms with Crippen molar-refractivity contribution in [1.82, 2.24) is 0 Å². The van der Waals surface area contributed by atoms with Gasteiger partial charge in [-0.15, -0.1) is 0 Å². The quantitative estimate of drug-likeness (QED) is 0.602. The SMILES string of the molecule is Oc1ccc(Cl)cc1C1=NN(c2ccccc2)[C@@H](c2ccc3c(c2)OCCCO3)C1. The van der Waals surface area contributed by atoms with Gasteiger partial charge in [-0.05, 0) is 48.0 Å². The number of fused-ring (bicyclic) bond motifs is 1. The van der Waals surface area contributed by atoms with Crippen molar-refractivity contribution in [2.45, 2.75) is 18.9 Å². The summed E-state index contributed by atoms with van der Waals surface area (Å²) in [6.45, 7) is 1.30. The van der Waals surface area contributed by atoms with Crippen LogP contribution < -0.4 is 14.5 Å². The molecule has 1 N–H and O–H groups in total. The maximum Gasteiger partial charge on any atom is 0.161 e. The van der Waals surface area contributed by atoms with E-state index in [-0.39, 0.29) is 11.8 Å². The minimum absolute atomic E-state index is 0.0436. The third kappa shape index (κ3) is 3.57. The zero-order valence-corrected chi connectivity index (χ0v) is 17.0. The zero-order valence-electron chi connectivity index (χ0n) is 16.3. The highest BCUT2D eigenvalue weighted by Gasteiger charge is 2.31. The summed E-state index contributed by atoms with van der Waals surface area (Å²) in [4.78, 5) is 0. The van der Waals surface area contributed by atoms with Crippen LogP contribution in [0.3, 0.4) is 0 Å².